The van der Waals surface area contributed by atoms with Crippen molar-refractivity contribution < 1.29 is 9.53 Å². The Bertz CT molecular complexity index is 1420. The predicted molar refractivity (Wildman–Crippen MR) is 139 cm³/mol. The standard InChI is InChI=1S/C26H25N3O3S2/c1-15-10-11-20(17(3)13-15)32-23-19(24(30)28-12-6-7-16(2)22(28)27-23)14-21-25(31)29(26(33)34-21)18-8-4-5-9-18/h6-7,10-14,18H,4-5,8-9H2,1-3H3/b21-14+. The summed E-state index contributed by atoms with van der Waals surface area (Å²) in [6, 6.07) is 9.68. The number of aromatic nitrogens is 2. The van der Waals surface area contributed by atoms with Gasteiger partial charge in [-0.1, -0.05) is 60.6 Å². The van der Waals surface area contributed by atoms with Gasteiger partial charge in [-0.25, -0.2) is 0 Å². The van der Waals surface area contributed by atoms with Crippen LogP contribution in [0.2, 0.25) is 0 Å². The molecule has 3 heterocycles. The largest absolute Gasteiger partial charge is 0.438 e. The summed E-state index contributed by atoms with van der Waals surface area (Å²) in [5.41, 5.74) is 3.36. The normalized spacial score (nSPS) is 18.0. The van der Waals surface area contributed by atoms with Crippen LogP contribution in [0.4, 0.5) is 0 Å². The number of fused-ring (bicyclic) bond motifs is 1. The smallest absolute Gasteiger partial charge is 0.269 e. The van der Waals surface area contributed by atoms with Gasteiger partial charge in [-0.3, -0.25) is 18.9 Å². The van der Waals surface area contributed by atoms with Gasteiger partial charge in [0.2, 0.25) is 5.88 Å². The maximum absolute atomic E-state index is 13.6. The highest BCUT2D eigenvalue weighted by molar-refractivity contribution is 8.26. The van der Waals surface area contributed by atoms with Crippen molar-refractivity contribution in [2.45, 2.75) is 52.5 Å². The average Bonchev–Trinajstić information content (AvgIpc) is 3.41. The molecule has 0 spiro atoms. The van der Waals surface area contributed by atoms with E-state index in [1.807, 2.05) is 45.0 Å². The molecule has 1 aliphatic heterocycles. The second kappa shape index (κ2) is 9.00. The van der Waals surface area contributed by atoms with Crippen molar-refractivity contribution in [1.29, 1.82) is 0 Å². The van der Waals surface area contributed by atoms with Crippen molar-refractivity contribution in [3.05, 3.63) is 74.0 Å². The molecule has 0 N–H and O–H groups in total. The SMILES string of the molecule is Cc1ccc(Oc2nc3c(C)cccn3c(=O)c2/C=C2/SC(=S)N(C3CCCC3)C2=O)c(C)c1. The maximum Gasteiger partial charge on any atom is 0.269 e. The molecule has 2 aromatic heterocycles. The Labute approximate surface area is 207 Å². The third-order valence-electron chi connectivity index (χ3n) is 6.38. The molecule has 1 saturated heterocycles. The minimum absolute atomic E-state index is 0.141. The second-order valence-corrected chi connectivity index (χ2v) is 10.6. The van der Waals surface area contributed by atoms with E-state index >= 15 is 0 Å². The highest BCUT2D eigenvalue weighted by atomic mass is 32.2. The molecule has 2 aliphatic rings. The Morgan fingerprint density at radius 1 is 1.12 bits per heavy atom. The number of thioether (sulfide) groups is 1. The number of hydrogen-bond donors (Lipinski definition) is 0. The van der Waals surface area contributed by atoms with E-state index in [2.05, 4.69) is 0 Å². The van der Waals surface area contributed by atoms with Gasteiger partial charge in [-0.2, -0.15) is 4.98 Å². The van der Waals surface area contributed by atoms with E-state index in [0.29, 0.717) is 20.6 Å². The summed E-state index contributed by atoms with van der Waals surface area (Å²) in [7, 11) is 0. The van der Waals surface area contributed by atoms with Gasteiger partial charge in [0, 0.05) is 12.2 Å². The van der Waals surface area contributed by atoms with Gasteiger partial charge in [0.25, 0.3) is 11.5 Å². The monoisotopic (exact) mass is 491 g/mol. The Morgan fingerprint density at radius 3 is 2.62 bits per heavy atom. The quantitative estimate of drug-likeness (QED) is 0.352. The van der Waals surface area contributed by atoms with Crippen LogP contribution in [0.3, 0.4) is 0 Å². The Balaban J connectivity index is 1.64. The van der Waals surface area contributed by atoms with Crippen molar-refractivity contribution in [2.75, 3.05) is 0 Å². The highest BCUT2D eigenvalue weighted by Crippen LogP contribution is 2.38. The lowest BCUT2D eigenvalue weighted by Gasteiger charge is -2.21. The van der Waals surface area contributed by atoms with Crippen LogP contribution in [0.25, 0.3) is 11.7 Å². The number of carbonyl (C=O) groups is 1. The number of benzene rings is 1. The summed E-state index contributed by atoms with van der Waals surface area (Å²) in [5.74, 6) is 0.647. The topological polar surface area (TPSA) is 63.9 Å². The summed E-state index contributed by atoms with van der Waals surface area (Å²) in [4.78, 5) is 33.7. The molecule has 1 amide bonds. The average molecular weight is 492 g/mol. The molecule has 1 aromatic carbocycles. The van der Waals surface area contributed by atoms with Crippen LogP contribution in [0.5, 0.6) is 11.6 Å². The lowest BCUT2D eigenvalue weighted by Crippen LogP contribution is -2.36. The van der Waals surface area contributed by atoms with Gasteiger partial charge >= 0.3 is 0 Å². The van der Waals surface area contributed by atoms with Gasteiger partial charge in [-0.05, 0) is 62.9 Å². The first-order valence-corrected chi connectivity index (χ1v) is 12.6. The van der Waals surface area contributed by atoms with E-state index in [0.717, 1.165) is 42.4 Å². The highest BCUT2D eigenvalue weighted by Gasteiger charge is 2.38. The van der Waals surface area contributed by atoms with Crippen LogP contribution in [-0.4, -0.2) is 30.6 Å². The zero-order valence-electron chi connectivity index (χ0n) is 19.3. The number of ether oxygens (including phenoxy) is 1. The van der Waals surface area contributed by atoms with Crippen LogP contribution >= 0.6 is 24.0 Å². The van der Waals surface area contributed by atoms with Gasteiger partial charge in [-0.15, -0.1) is 0 Å². The van der Waals surface area contributed by atoms with Crippen molar-refractivity contribution in [3.63, 3.8) is 0 Å². The molecule has 0 atom stereocenters. The molecule has 3 aromatic rings. The molecular weight excluding hydrogens is 466 g/mol. The number of thiocarbonyl (C=S) groups is 1. The molecule has 34 heavy (non-hydrogen) atoms. The minimum Gasteiger partial charge on any atom is -0.438 e. The first-order chi connectivity index (χ1) is 16.3. The fourth-order valence-corrected chi connectivity index (χ4v) is 5.98. The van der Waals surface area contributed by atoms with Gasteiger partial charge in [0.1, 0.15) is 21.3 Å². The molecule has 1 aliphatic carbocycles. The third-order valence-corrected chi connectivity index (χ3v) is 7.71. The maximum atomic E-state index is 13.6. The number of pyridine rings is 1. The fourth-order valence-electron chi connectivity index (χ4n) is 4.60. The van der Waals surface area contributed by atoms with Gasteiger partial charge in [0.05, 0.1) is 4.91 Å². The first kappa shape index (κ1) is 22.8. The van der Waals surface area contributed by atoms with Crippen LogP contribution in [0.15, 0.2) is 46.2 Å². The molecule has 0 unspecified atom stereocenters. The molecular formula is C26H25N3O3S2. The van der Waals surface area contributed by atoms with Crippen molar-refractivity contribution in [1.82, 2.24) is 14.3 Å². The number of aryl methyl sites for hydroxylation is 3. The van der Waals surface area contributed by atoms with E-state index in [4.69, 9.17) is 21.9 Å². The molecule has 8 heteroatoms. The molecule has 5 rings (SSSR count). The number of amides is 1. The Kier molecular flexibility index (Phi) is 6.04. The number of nitrogens with zero attached hydrogens (tertiary/aromatic N) is 3. The number of hydrogen-bond acceptors (Lipinski definition) is 6. The summed E-state index contributed by atoms with van der Waals surface area (Å²) in [5, 5.41) is 0. The number of rotatable bonds is 4. The second-order valence-electron chi connectivity index (χ2n) is 8.88. The third kappa shape index (κ3) is 4.05. The zero-order chi connectivity index (χ0) is 24.0. The Morgan fingerprint density at radius 2 is 1.88 bits per heavy atom. The van der Waals surface area contributed by atoms with E-state index in [-0.39, 0.29) is 29.0 Å². The minimum atomic E-state index is -0.292. The first-order valence-electron chi connectivity index (χ1n) is 11.4. The molecule has 0 radical (unpaired) electrons. The molecule has 6 nitrogen and oxygen atoms in total. The summed E-state index contributed by atoms with van der Waals surface area (Å²) >= 11 is 6.78. The molecule has 2 fully saturated rings. The van der Waals surface area contributed by atoms with E-state index in [9.17, 15) is 9.59 Å². The van der Waals surface area contributed by atoms with Gasteiger partial charge in [0.15, 0.2) is 0 Å². The van der Waals surface area contributed by atoms with Crippen molar-refractivity contribution >= 4 is 45.9 Å². The van der Waals surface area contributed by atoms with Crippen LogP contribution in [-0.2, 0) is 4.79 Å². The molecule has 174 valence electrons. The fraction of sp³-hybridized carbons (Fsp3) is 0.308. The summed E-state index contributed by atoms with van der Waals surface area (Å²) in [6.07, 6.45) is 7.39. The predicted octanol–water partition coefficient (Wildman–Crippen LogP) is 5.56. The summed E-state index contributed by atoms with van der Waals surface area (Å²) < 4.78 is 8.24. The van der Waals surface area contributed by atoms with Crippen LogP contribution in [0.1, 0.15) is 47.9 Å². The Hall–Kier alpha value is -2.97. The van der Waals surface area contributed by atoms with Gasteiger partial charge < -0.3 is 4.74 Å². The lowest BCUT2D eigenvalue weighted by atomic mass is 10.1. The zero-order valence-corrected chi connectivity index (χ0v) is 21.0. The molecule has 0 bridgehead atoms. The van der Waals surface area contributed by atoms with E-state index in [1.165, 1.54) is 16.2 Å². The summed E-state index contributed by atoms with van der Waals surface area (Å²) in [6.45, 7) is 5.86. The van der Waals surface area contributed by atoms with Crippen LogP contribution in [0, 0.1) is 20.8 Å². The van der Waals surface area contributed by atoms with Crippen molar-refractivity contribution in [3.8, 4) is 11.6 Å². The van der Waals surface area contributed by atoms with E-state index < -0.39 is 0 Å². The van der Waals surface area contributed by atoms with Crippen molar-refractivity contribution in [2.24, 2.45) is 0 Å². The lowest BCUT2D eigenvalue weighted by molar-refractivity contribution is -0.123. The number of carbonyl (C=O) groups excluding carboxylic acids is 1. The molecule has 1 saturated carbocycles. The van der Waals surface area contributed by atoms with Crippen LogP contribution < -0.4 is 10.3 Å². The van der Waals surface area contributed by atoms with E-state index in [1.54, 1.807) is 23.2 Å².